The second-order valence-corrected chi connectivity index (χ2v) is 6.11. The van der Waals surface area contributed by atoms with Crippen LogP contribution in [0.25, 0.3) is 0 Å². The van der Waals surface area contributed by atoms with E-state index in [2.05, 4.69) is 0 Å². The molecule has 0 atom stereocenters. The Morgan fingerprint density at radius 1 is 1.29 bits per heavy atom. The number of hydrogen-bond donors (Lipinski definition) is 0. The van der Waals surface area contributed by atoms with Gasteiger partial charge < -0.3 is 4.90 Å². The zero-order chi connectivity index (χ0) is 13.1. The average molecular weight is 276 g/mol. The highest BCUT2D eigenvalue weighted by Gasteiger charge is 2.12. The van der Waals surface area contributed by atoms with Crippen LogP contribution in [-0.4, -0.2) is 45.0 Å². The first-order valence-electron chi connectivity index (χ1n) is 4.98. The van der Waals surface area contributed by atoms with Gasteiger partial charge in [-0.05, 0) is 24.3 Å². The van der Waals surface area contributed by atoms with Gasteiger partial charge in [-0.1, -0.05) is 0 Å². The van der Waals surface area contributed by atoms with E-state index in [4.69, 9.17) is 11.6 Å². The molecule has 0 saturated heterocycles. The molecule has 1 rings (SSSR count). The topological polar surface area (TPSA) is 54.5 Å². The lowest BCUT2D eigenvalue weighted by atomic mass is 10.2. The predicted molar refractivity (Wildman–Crippen MR) is 67.2 cm³/mol. The standard InChI is InChI=1S/C11H14ClNO3S/c1-13(8-7-12)11(14)9-3-5-10(6-4-9)17(2,15)16/h3-6H,7-8H2,1-2H3. The minimum atomic E-state index is -3.22. The van der Waals surface area contributed by atoms with Crippen molar-refractivity contribution in [2.24, 2.45) is 0 Å². The van der Waals surface area contributed by atoms with Gasteiger partial charge in [-0.2, -0.15) is 0 Å². The second kappa shape index (κ2) is 5.51. The number of carbonyl (C=O) groups is 1. The van der Waals surface area contributed by atoms with Gasteiger partial charge in [0.2, 0.25) is 0 Å². The van der Waals surface area contributed by atoms with Crippen LogP contribution in [0.15, 0.2) is 29.2 Å². The lowest BCUT2D eigenvalue weighted by Gasteiger charge is -2.15. The average Bonchev–Trinajstić information content (AvgIpc) is 2.27. The van der Waals surface area contributed by atoms with E-state index in [1.165, 1.54) is 29.2 Å². The zero-order valence-electron chi connectivity index (χ0n) is 9.68. The Balaban J connectivity index is 2.92. The Hall–Kier alpha value is -1.07. The molecule has 1 aromatic carbocycles. The van der Waals surface area contributed by atoms with Crippen molar-refractivity contribution >= 4 is 27.3 Å². The van der Waals surface area contributed by atoms with Crippen molar-refractivity contribution in [2.75, 3.05) is 25.7 Å². The van der Waals surface area contributed by atoms with Crippen LogP contribution in [0.2, 0.25) is 0 Å². The summed E-state index contributed by atoms with van der Waals surface area (Å²) in [5.74, 6) is 0.189. The van der Waals surface area contributed by atoms with Gasteiger partial charge in [0.05, 0.1) is 4.90 Å². The molecule has 0 radical (unpaired) electrons. The molecule has 0 spiro atoms. The Labute approximate surface area is 106 Å². The highest BCUT2D eigenvalue weighted by atomic mass is 35.5. The molecule has 4 nitrogen and oxygen atoms in total. The third-order valence-corrected chi connectivity index (χ3v) is 3.59. The fourth-order valence-corrected chi connectivity index (χ4v) is 2.18. The lowest BCUT2D eigenvalue weighted by Crippen LogP contribution is -2.28. The lowest BCUT2D eigenvalue weighted by molar-refractivity contribution is 0.0803. The van der Waals surface area contributed by atoms with Crippen LogP contribution in [0.5, 0.6) is 0 Å². The summed E-state index contributed by atoms with van der Waals surface area (Å²) in [6.45, 7) is 0.453. The van der Waals surface area contributed by atoms with Crippen LogP contribution in [0.3, 0.4) is 0 Å². The number of rotatable bonds is 4. The second-order valence-electron chi connectivity index (χ2n) is 3.71. The van der Waals surface area contributed by atoms with Gasteiger partial charge in [-0.3, -0.25) is 4.79 Å². The van der Waals surface area contributed by atoms with Gasteiger partial charge in [-0.25, -0.2) is 8.42 Å². The molecule has 0 fully saturated rings. The molecule has 6 heteroatoms. The van der Waals surface area contributed by atoms with Gasteiger partial charge in [0.15, 0.2) is 9.84 Å². The van der Waals surface area contributed by atoms with E-state index in [-0.39, 0.29) is 10.8 Å². The molecule has 0 aliphatic heterocycles. The van der Waals surface area contributed by atoms with E-state index >= 15 is 0 Å². The van der Waals surface area contributed by atoms with Crippen molar-refractivity contribution in [3.8, 4) is 0 Å². The third kappa shape index (κ3) is 3.71. The Bertz CT molecular complexity index is 496. The first-order chi connectivity index (χ1) is 7.86. The maximum Gasteiger partial charge on any atom is 0.253 e. The SMILES string of the molecule is CN(CCCl)C(=O)c1ccc(S(C)(=O)=O)cc1. The van der Waals surface area contributed by atoms with E-state index in [0.29, 0.717) is 18.0 Å². The molecule has 17 heavy (non-hydrogen) atoms. The highest BCUT2D eigenvalue weighted by molar-refractivity contribution is 7.90. The molecule has 0 aromatic heterocycles. The van der Waals surface area contributed by atoms with E-state index < -0.39 is 9.84 Å². The highest BCUT2D eigenvalue weighted by Crippen LogP contribution is 2.11. The number of sulfone groups is 1. The van der Waals surface area contributed by atoms with Crippen molar-refractivity contribution in [1.29, 1.82) is 0 Å². The monoisotopic (exact) mass is 275 g/mol. The largest absolute Gasteiger partial charge is 0.341 e. The fraction of sp³-hybridized carbons (Fsp3) is 0.364. The van der Waals surface area contributed by atoms with Crippen molar-refractivity contribution in [3.05, 3.63) is 29.8 Å². The van der Waals surface area contributed by atoms with E-state index in [1.54, 1.807) is 7.05 Å². The van der Waals surface area contributed by atoms with Crippen LogP contribution in [-0.2, 0) is 9.84 Å². The summed E-state index contributed by atoms with van der Waals surface area (Å²) >= 11 is 5.54. The molecule has 0 unspecified atom stereocenters. The molecule has 0 heterocycles. The number of carbonyl (C=O) groups excluding carboxylic acids is 1. The smallest absolute Gasteiger partial charge is 0.253 e. The summed E-state index contributed by atoms with van der Waals surface area (Å²) in [5, 5.41) is 0. The Morgan fingerprint density at radius 2 is 1.82 bits per heavy atom. The quantitative estimate of drug-likeness (QED) is 0.781. The van der Waals surface area contributed by atoms with Crippen molar-refractivity contribution in [3.63, 3.8) is 0 Å². The number of alkyl halides is 1. The number of nitrogens with zero attached hydrogens (tertiary/aromatic N) is 1. The Morgan fingerprint density at radius 3 is 2.24 bits per heavy atom. The zero-order valence-corrected chi connectivity index (χ0v) is 11.3. The molecule has 94 valence electrons. The van der Waals surface area contributed by atoms with Crippen molar-refractivity contribution in [2.45, 2.75) is 4.90 Å². The minimum Gasteiger partial charge on any atom is -0.341 e. The molecular formula is C11H14ClNO3S. The van der Waals surface area contributed by atoms with Gasteiger partial charge >= 0.3 is 0 Å². The van der Waals surface area contributed by atoms with E-state index in [9.17, 15) is 13.2 Å². The van der Waals surface area contributed by atoms with Gasteiger partial charge in [-0.15, -0.1) is 11.6 Å². The summed E-state index contributed by atoms with van der Waals surface area (Å²) in [4.78, 5) is 13.5. The molecular weight excluding hydrogens is 262 g/mol. The van der Waals surface area contributed by atoms with Crippen LogP contribution in [0.4, 0.5) is 0 Å². The normalized spacial score (nSPS) is 11.2. The summed E-state index contributed by atoms with van der Waals surface area (Å²) < 4.78 is 22.5. The van der Waals surface area contributed by atoms with Crippen molar-refractivity contribution < 1.29 is 13.2 Å². The van der Waals surface area contributed by atoms with Crippen LogP contribution in [0.1, 0.15) is 10.4 Å². The molecule has 1 aromatic rings. The van der Waals surface area contributed by atoms with Crippen LogP contribution in [0, 0.1) is 0 Å². The molecule has 0 aliphatic carbocycles. The van der Waals surface area contributed by atoms with E-state index in [1.807, 2.05) is 0 Å². The first kappa shape index (κ1) is 14.0. The summed E-state index contributed by atoms with van der Waals surface area (Å²) in [6, 6.07) is 5.86. The summed E-state index contributed by atoms with van der Waals surface area (Å²) in [5.41, 5.74) is 0.449. The Kier molecular flexibility index (Phi) is 4.54. The molecule has 0 aliphatic rings. The minimum absolute atomic E-state index is 0.175. The number of amides is 1. The molecule has 0 bridgehead atoms. The molecule has 1 amide bonds. The first-order valence-corrected chi connectivity index (χ1v) is 7.40. The maximum atomic E-state index is 11.8. The third-order valence-electron chi connectivity index (χ3n) is 2.30. The van der Waals surface area contributed by atoms with Crippen LogP contribution < -0.4 is 0 Å². The molecule has 0 N–H and O–H groups in total. The van der Waals surface area contributed by atoms with Gasteiger partial charge in [0, 0.05) is 31.3 Å². The maximum absolute atomic E-state index is 11.8. The number of hydrogen-bond acceptors (Lipinski definition) is 3. The van der Waals surface area contributed by atoms with Crippen molar-refractivity contribution in [1.82, 2.24) is 4.90 Å². The number of halogens is 1. The van der Waals surface area contributed by atoms with Gasteiger partial charge in [0.25, 0.3) is 5.91 Å². The fourth-order valence-electron chi connectivity index (χ4n) is 1.29. The summed E-state index contributed by atoms with van der Waals surface area (Å²) in [7, 11) is -1.57. The predicted octanol–water partition coefficient (Wildman–Crippen LogP) is 1.40. The number of benzene rings is 1. The van der Waals surface area contributed by atoms with Gasteiger partial charge in [0.1, 0.15) is 0 Å². The molecule has 0 saturated carbocycles. The summed E-state index contributed by atoms with van der Waals surface area (Å²) in [6.07, 6.45) is 1.13. The van der Waals surface area contributed by atoms with E-state index in [0.717, 1.165) is 6.26 Å². The van der Waals surface area contributed by atoms with Crippen LogP contribution >= 0.6 is 11.6 Å².